The Morgan fingerprint density at radius 2 is 2.04 bits per heavy atom. The van der Waals surface area contributed by atoms with Crippen LogP contribution in [-0.2, 0) is 16.0 Å². The van der Waals surface area contributed by atoms with E-state index in [1.54, 1.807) is 0 Å². The van der Waals surface area contributed by atoms with Crippen LogP contribution in [0.2, 0.25) is 0 Å². The monoisotopic (exact) mass is 323 g/mol. The van der Waals surface area contributed by atoms with E-state index in [0.29, 0.717) is 25.6 Å². The van der Waals surface area contributed by atoms with Gasteiger partial charge in [0.05, 0.1) is 26.4 Å². The van der Waals surface area contributed by atoms with Gasteiger partial charge in [0.15, 0.2) is 5.69 Å². The predicted molar refractivity (Wildman–Crippen MR) is 80.5 cm³/mol. The van der Waals surface area contributed by atoms with Crippen molar-refractivity contribution in [2.45, 2.75) is 31.8 Å². The fraction of sp³-hybridized carbons (Fsp3) is 0.667. The second-order valence-electron chi connectivity index (χ2n) is 5.78. The van der Waals surface area contributed by atoms with Crippen LogP contribution in [0.5, 0.6) is 5.75 Å². The maximum Gasteiger partial charge on any atom is 0.360 e. The van der Waals surface area contributed by atoms with Gasteiger partial charge in [0.2, 0.25) is 5.75 Å². The van der Waals surface area contributed by atoms with Crippen molar-refractivity contribution in [3.05, 3.63) is 21.9 Å². The van der Waals surface area contributed by atoms with E-state index in [0.717, 1.165) is 32.4 Å². The molecule has 3 rings (SSSR count). The number of rotatable bonds is 2. The first-order valence-corrected chi connectivity index (χ1v) is 7.87. The lowest BCUT2D eigenvalue weighted by atomic mass is 10.1. The summed E-state index contributed by atoms with van der Waals surface area (Å²) in [5, 5.41) is 10.0. The van der Waals surface area contributed by atoms with Gasteiger partial charge in [0.1, 0.15) is 5.82 Å². The average Bonchev–Trinajstić information content (AvgIpc) is 2.80. The lowest BCUT2D eigenvalue weighted by Gasteiger charge is -2.34. The van der Waals surface area contributed by atoms with E-state index in [1.165, 1.54) is 11.7 Å². The van der Waals surface area contributed by atoms with E-state index in [2.05, 4.69) is 14.6 Å². The van der Waals surface area contributed by atoms with E-state index in [1.807, 2.05) is 0 Å². The van der Waals surface area contributed by atoms with Gasteiger partial charge >= 0.3 is 5.97 Å². The Morgan fingerprint density at radius 3 is 2.74 bits per heavy atom. The molecule has 0 aromatic carbocycles. The lowest BCUT2D eigenvalue weighted by Crippen LogP contribution is -2.41. The number of hydrogen-bond acceptors (Lipinski definition) is 7. The first-order chi connectivity index (χ1) is 11.1. The molecule has 1 aromatic rings. The van der Waals surface area contributed by atoms with Crippen LogP contribution in [0.1, 0.15) is 41.6 Å². The number of carbonyl (C=O) groups excluding carboxylic acids is 1. The van der Waals surface area contributed by atoms with E-state index in [-0.39, 0.29) is 11.7 Å². The van der Waals surface area contributed by atoms with Crippen molar-refractivity contribution in [3.63, 3.8) is 0 Å². The Bertz CT molecular complexity index is 651. The molecular weight excluding hydrogens is 302 g/mol. The first kappa shape index (κ1) is 15.9. The maximum atomic E-state index is 12.5. The molecule has 8 heteroatoms. The minimum absolute atomic E-state index is 0.0573. The molecule has 1 N–H and O–H groups in total. The van der Waals surface area contributed by atoms with Crippen molar-refractivity contribution >= 4 is 5.97 Å². The van der Waals surface area contributed by atoms with Crippen LogP contribution < -0.4 is 5.56 Å². The van der Waals surface area contributed by atoms with Gasteiger partial charge in [-0.2, -0.15) is 0 Å². The van der Waals surface area contributed by atoms with Crippen LogP contribution in [0.25, 0.3) is 0 Å². The summed E-state index contributed by atoms with van der Waals surface area (Å²) in [6, 6.07) is -0.0573. The Hall–Kier alpha value is -1.93. The number of carbonyl (C=O) groups is 1. The second kappa shape index (κ2) is 6.67. The van der Waals surface area contributed by atoms with Crippen LogP contribution in [0.3, 0.4) is 0 Å². The molecule has 1 fully saturated rings. The van der Waals surface area contributed by atoms with Gasteiger partial charge in [0, 0.05) is 19.6 Å². The van der Waals surface area contributed by atoms with Crippen molar-refractivity contribution in [1.29, 1.82) is 0 Å². The van der Waals surface area contributed by atoms with Gasteiger partial charge in [-0.25, -0.2) is 9.78 Å². The van der Waals surface area contributed by atoms with Crippen LogP contribution in [-0.4, -0.2) is 58.9 Å². The summed E-state index contributed by atoms with van der Waals surface area (Å²) in [7, 11) is 1.20. The summed E-state index contributed by atoms with van der Waals surface area (Å²) in [5.41, 5.74) is -0.875. The summed E-state index contributed by atoms with van der Waals surface area (Å²) < 4.78 is 11.5. The number of esters is 1. The Balaban J connectivity index is 2.09. The fourth-order valence-electron chi connectivity index (χ4n) is 3.24. The normalized spacial score (nSPS) is 22.2. The van der Waals surface area contributed by atoms with Crippen molar-refractivity contribution in [2.24, 2.45) is 0 Å². The number of aromatic hydroxyl groups is 1. The molecule has 2 aliphatic rings. The molecule has 1 aromatic heterocycles. The second-order valence-corrected chi connectivity index (χ2v) is 5.78. The summed E-state index contributed by atoms with van der Waals surface area (Å²) in [5.74, 6) is -0.899. The molecule has 0 bridgehead atoms. The summed E-state index contributed by atoms with van der Waals surface area (Å²) in [6.45, 7) is 3.30. The molecule has 2 aliphatic heterocycles. The van der Waals surface area contributed by atoms with E-state index in [9.17, 15) is 14.7 Å². The highest BCUT2D eigenvalue weighted by molar-refractivity contribution is 5.89. The van der Waals surface area contributed by atoms with Crippen LogP contribution >= 0.6 is 0 Å². The molecule has 1 saturated heterocycles. The largest absolute Gasteiger partial charge is 0.501 e. The Morgan fingerprint density at radius 1 is 1.30 bits per heavy atom. The topological polar surface area (TPSA) is 93.9 Å². The van der Waals surface area contributed by atoms with E-state index >= 15 is 0 Å². The van der Waals surface area contributed by atoms with E-state index < -0.39 is 17.3 Å². The molecule has 8 nitrogen and oxygen atoms in total. The summed E-state index contributed by atoms with van der Waals surface area (Å²) in [6.07, 6.45) is 2.66. The molecule has 0 spiro atoms. The third-order valence-corrected chi connectivity index (χ3v) is 4.45. The first-order valence-electron chi connectivity index (χ1n) is 7.87. The minimum atomic E-state index is -0.798. The summed E-state index contributed by atoms with van der Waals surface area (Å²) in [4.78, 5) is 30.8. The van der Waals surface area contributed by atoms with Gasteiger partial charge in [0.25, 0.3) is 5.56 Å². The molecule has 126 valence electrons. The molecule has 0 amide bonds. The highest BCUT2D eigenvalue weighted by Gasteiger charge is 2.31. The number of ether oxygens (including phenoxy) is 2. The zero-order valence-electron chi connectivity index (χ0n) is 13.2. The van der Waals surface area contributed by atoms with Crippen molar-refractivity contribution in [2.75, 3.05) is 33.4 Å². The minimum Gasteiger partial charge on any atom is -0.501 e. The van der Waals surface area contributed by atoms with Crippen molar-refractivity contribution < 1.29 is 19.4 Å². The average molecular weight is 323 g/mol. The SMILES string of the molecule is COC(=O)c1nc2n(c(=O)c1O)CCCCC2N1CCOCC1. The number of nitrogens with zero attached hydrogens (tertiary/aromatic N) is 3. The lowest BCUT2D eigenvalue weighted by molar-refractivity contribution is 0.0118. The molecule has 1 atom stereocenters. The fourth-order valence-corrected chi connectivity index (χ4v) is 3.24. The Kier molecular flexibility index (Phi) is 4.63. The standard InChI is InChI=1S/C15H21N3O5/c1-22-15(21)11-12(19)14(20)18-5-3-2-4-10(13(18)16-11)17-6-8-23-9-7-17/h10,19H,2-9H2,1H3. The third-order valence-electron chi connectivity index (χ3n) is 4.45. The predicted octanol–water partition coefficient (Wildman–Crippen LogP) is 0.293. The maximum absolute atomic E-state index is 12.5. The van der Waals surface area contributed by atoms with Gasteiger partial charge in [-0.15, -0.1) is 0 Å². The molecule has 0 saturated carbocycles. The number of morpholine rings is 1. The Labute approximate surface area is 133 Å². The van der Waals surface area contributed by atoms with Crippen molar-refractivity contribution in [1.82, 2.24) is 14.5 Å². The van der Waals surface area contributed by atoms with Gasteiger partial charge in [-0.1, -0.05) is 0 Å². The molecule has 0 radical (unpaired) electrons. The third kappa shape index (κ3) is 2.96. The van der Waals surface area contributed by atoms with Crippen molar-refractivity contribution in [3.8, 4) is 5.75 Å². The zero-order chi connectivity index (χ0) is 16.4. The highest BCUT2D eigenvalue weighted by atomic mass is 16.5. The number of hydrogen-bond donors (Lipinski definition) is 1. The van der Waals surface area contributed by atoms with Gasteiger partial charge < -0.3 is 14.6 Å². The van der Waals surface area contributed by atoms with Crippen LogP contribution in [0, 0.1) is 0 Å². The number of fused-ring (bicyclic) bond motifs is 1. The zero-order valence-corrected chi connectivity index (χ0v) is 13.2. The van der Waals surface area contributed by atoms with Crippen LogP contribution in [0.15, 0.2) is 4.79 Å². The number of methoxy groups -OCH3 is 1. The van der Waals surface area contributed by atoms with Crippen LogP contribution in [0.4, 0.5) is 0 Å². The summed E-state index contributed by atoms with van der Waals surface area (Å²) >= 11 is 0. The molecular formula is C15H21N3O5. The number of aromatic nitrogens is 2. The van der Waals surface area contributed by atoms with E-state index in [4.69, 9.17) is 4.74 Å². The van der Waals surface area contributed by atoms with Gasteiger partial charge in [-0.05, 0) is 19.3 Å². The van der Waals surface area contributed by atoms with Gasteiger partial charge in [-0.3, -0.25) is 14.3 Å². The molecule has 0 aliphatic carbocycles. The molecule has 1 unspecified atom stereocenters. The smallest absolute Gasteiger partial charge is 0.360 e. The molecule has 23 heavy (non-hydrogen) atoms. The quantitative estimate of drug-likeness (QED) is 0.782. The molecule has 3 heterocycles. The highest BCUT2D eigenvalue weighted by Crippen LogP contribution is 2.29.